The third-order valence-electron chi connectivity index (χ3n) is 6.82. The Morgan fingerprint density at radius 1 is 1.27 bits per heavy atom. The van der Waals surface area contributed by atoms with Crippen molar-refractivity contribution in [2.75, 3.05) is 6.61 Å². The van der Waals surface area contributed by atoms with Crippen molar-refractivity contribution in [3.8, 4) is 0 Å². The summed E-state index contributed by atoms with van der Waals surface area (Å²) in [5, 5.41) is 4.31. The Morgan fingerprint density at radius 3 is 2.77 bits per heavy atom. The van der Waals surface area contributed by atoms with Gasteiger partial charge in [-0.25, -0.2) is 0 Å². The van der Waals surface area contributed by atoms with E-state index >= 15 is 0 Å². The minimum Gasteiger partial charge on any atom is -0.396 e. The van der Waals surface area contributed by atoms with E-state index in [2.05, 4.69) is 45.9 Å². The summed E-state index contributed by atoms with van der Waals surface area (Å²) in [4.78, 5) is 5.39. The minimum atomic E-state index is 0.420. The monoisotopic (exact) mass is 303 g/mol. The van der Waals surface area contributed by atoms with E-state index in [1.165, 1.54) is 32.1 Å². The normalized spacial score (nSPS) is 41.8. The van der Waals surface area contributed by atoms with Gasteiger partial charge in [-0.2, -0.15) is 0 Å². The molecule has 0 unspecified atom stereocenters. The predicted octanol–water partition coefficient (Wildman–Crippen LogP) is 5.59. The maximum absolute atomic E-state index is 5.39. The van der Waals surface area contributed by atoms with Crippen LogP contribution in [0.3, 0.4) is 0 Å². The second kappa shape index (κ2) is 5.69. The topological polar surface area (TPSA) is 21.6 Å². The number of allylic oxidation sites excluding steroid dienone is 2. The molecule has 3 aliphatic rings. The predicted molar refractivity (Wildman–Crippen MR) is 92.9 cm³/mol. The molecule has 0 aromatic rings. The standard InChI is InChI=1S/C20H33NO/c1-6-12-22-21-14(2)13-17-15-8-9-16-18(15)19(3,4)10-7-11-20(16,17)5/h13,15-16,18H,6-12H2,1-5H3/b17-13?,21-14+/t15-,16-,18+,20+/m1/s1. The third-order valence-corrected chi connectivity index (χ3v) is 6.82. The highest BCUT2D eigenvalue weighted by Gasteiger charge is 2.62. The molecule has 0 heterocycles. The van der Waals surface area contributed by atoms with Crippen LogP contribution in [0.15, 0.2) is 16.8 Å². The molecule has 3 fully saturated rings. The number of hydrogen-bond acceptors (Lipinski definition) is 2. The van der Waals surface area contributed by atoms with E-state index in [-0.39, 0.29) is 0 Å². The molecule has 3 aliphatic carbocycles. The van der Waals surface area contributed by atoms with Gasteiger partial charge in [-0.15, -0.1) is 0 Å². The van der Waals surface area contributed by atoms with Crippen molar-refractivity contribution >= 4 is 5.71 Å². The Morgan fingerprint density at radius 2 is 2.05 bits per heavy atom. The molecule has 0 aromatic carbocycles. The number of oxime groups is 1. The minimum absolute atomic E-state index is 0.420. The van der Waals surface area contributed by atoms with Gasteiger partial charge < -0.3 is 4.84 Å². The van der Waals surface area contributed by atoms with Crippen LogP contribution in [0, 0.1) is 28.6 Å². The van der Waals surface area contributed by atoms with Crippen LogP contribution in [-0.4, -0.2) is 12.3 Å². The highest BCUT2D eigenvalue weighted by molar-refractivity contribution is 5.93. The third kappa shape index (κ3) is 2.43. The fraction of sp³-hybridized carbons (Fsp3) is 0.850. The fourth-order valence-corrected chi connectivity index (χ4v) is 5.96. The van der Waals surface area contributed by atoms with Crippen LogP contribution in [0.2, 0.25) is 0 Å². The average Bonchev–Trinajstić information content (AvgIpc) is 2.94. The van der Waals surface area contributed by atoms with Crippen molar-refractivity contribution in [1.82, 2.24) is 0 Å². The van der Waals surface area contributed by atoms with E-state index in [9.17, 15) is 0 Å². The molecule has 0 radical (unpaired) electrons. The zero-order valence-corrected chi connectivity index (χ0v) is 15.1. The van der Waals surface area contributed by atoms with Gasteiger partial charge in [0.25, 0.3) is 0 Å². The van der Waals surface area contributed by atoms with Gasteiger partial charge in [-0.3, -0.25) is 0 Å². The first-order valence-electron chi connectivity index (χ1n) is 9.29. The van der Waals surface area contributed by atoms with Crippen molar-refractivity contribution in [3.05, 3.63) is 11.6 Å². The Bertz CT molecular complexity index is 490. The van der Waals surface area contributed by atoms with E-state index in [1.54, 1.807) is 5.57 Å². The molecule has 2 heteroatoms. The summed E-state index contributed by atoms with van der Waals surface area (Å²) >= 11 is 0. The second-order valence-electron chi connectivity index (χ2n) is 8.74. The van der Waals surface area contributed by atoms with Crippen LogP contribution in [0.5, 0.6) is 0 Å². The molecule has 0 amide bonds. The molecule has 3 rings (SSSR count). The number of nitrogens with zero attached hydrogens (tertiary/aromatic N) is 1. The first-order valence-corrected chi connectivity index (χ1v) is 9.29. The van der Waals surface area contributed by atoms with Crippen molar-refractivity contribution in [2.24, 2.45) is 33.7 Å². The summed E-state index contributed by atoms with van der Waals surface area (Å²) < 4.78 is 0. The lowest BCUT2D eigenvalue weighted by Crippen LogP contribution is -2.28. The van der Waals surface area contributed by atoms with E-state index in [4.69, 9.17) is 4.84 Å². The van der Waals surface area contributed by atoms with E-state index in [0.29, 0.717) is 10.8 Å². The first kappa shape index (κ1) is 16.1. The van der Waals surface area contributed by atoms with Gasteiger partial charge in [-0.1, -0.05) is 44.8 Å². The molecule has 2 nitrogen and oxygen atoms in total. The summed E-state index contributed by atoms with van der Waals surface area (Å²) in [5.41, 5.74) is 3.67. The van der Waals surface area contributed by atoms with Crippen LogP contribution < -0.4 is 0 Å². The zero-order chi connectivity index (χ0) is 16.0. The molecule has 0 aromatic heterocycles. The molecule has 0 N–H and O–H groups in total. The Balaban J connectivity index is 1.91. The van der Waals surface area contributed by atoms with Crippen LogP contribution in [0.25, 0.3) is 0 Å². The molecular weight excluding hydrogens is 270 g/mol. The SMILES string of the molecule is CCCO/N=C(\C)C=C1[C@H]2CC[C@@H]3[C@H]2C(C)(C)CCC[C@]13C. The van der Waals surface area contributed by atoms with E-state index < -0.39 is 0 Å². The summed E-state index contributed by atoms with van der Waals surface area (Å²) in [5.74, 6) is 2.57. The van der Waals surface area contributed by atoms with Crippen molar-refractivity contribution in [1.29, 1.82) is 0 Å². The summed E-state index contributed by atoms with van der Waals surface area (Å²) in [6.45, 7) is 12.5. The molecule has 0 aliphatic heterocycles. The molecule has 4 atom stereocenters. The van der Waals surface area contributed by atoms with Gasteiger partial charge >= 0.3 is 0 Å². The van der Waals surface area contributed by atoms with Crippen LogP contribution in [0.1, 0.15) is 73.1 Å². The van der Waals surface area contributed by atoms with Gasteiger partial charge in [0.1, 0.15) is 6.61 Å². The molecule has 0 spiro atoms. The lowest BCUT2D eigenvalue weighted by molar-refractivity contribution is 0.141. The van der Waals surface area contributed by atoms with Gasteiger partial charge in [0.2, 0.25) is 0 Å². The molecule has 124 valence electrons. The van der Waals surface area contributed by atoms with Crippen LogP contribution in [-0.2, 0) is 4.84 Å². The lowest BCUT2D eigenvalue weighted by atomic mass is 9.68. The molecular formula is C20H33NO. The summed E-state index contributed by atoms with van der Waals surface area (Å²) in [7, 11) is 0. The number of rotatable bonds is 4. The molecule has 3 saturated carbocycles. The highest BCUT2D eigenvalue weighted by atomic mass is 16.6. The summed E-state index contributed by atoms with van der Waals surface area (Å²) in [6, 6.07) is 0. The van der Waals surface area contributed by atoms with Gasteiger partial charge in [0, 0.05) is 0 Å². The average molecular weight is 303 g/mol. The molecule has 0 saturated heterocycles. The Labute approximate surface area is 136 Å². The van der Waals surface area contributed by atoms with Crippen molar-refractivity contribution in [3.63, 3.8) is 0 Å². The van der Waals surface area contributed by atoms with E-state index in [1.807, 2.05) is 0 Å². The maximum atomic E-state index is 5.39. The molecule has 4 bridgehead atoms. The smallest absolute Gasteiger partial charge is 0.116 e. The fourth-order valence-electron chi connectivity index (χ4n) is 5.96. The van der Waals surface area contributed by atoms with Gasteiger partial charge in [0.15, 0.2) is 0 Å². The zero-order valence-electron chi connectivity index (χ0n) is 15.1. The van der Waals surface area contributed by atoms with Gasteiger partial charge in [0.05, 0.1) is 5.71 Å². The molecule has 22 heavy (non-hydrogen) atoms. The largest absolute Gasteiger partial charge is 0.396 e. The number of hydrogen-bond donors (Lipinski definition) is 0. The first-order chi connectivity index (χ1) is 10.4. The van der Waals surface area contributed by atoms with Crippen molar-refractivity contribution in [2.45, 2.75) is 73.1 Å². The highest BCUT2D eigenvalue weighted by Crippen LogP contribution is 2.70. The lowest BCUT2D eigenvalue weighted by Gasteiger charge is -2.36. The second-order valence-corrected chi connectivity index (χ2v) is 8.74. The maximum Gasteiger partial charge on any atom is 0.116 e. The van der Waals surface area contributed by atoms with E-state index in [0.717, 1.165) is 36.5 Å². The van der Waals surface area contributed by atoms with Crippen molar-refractivity contribution < 1.29 is 4.84 Å². The van der Waals surface area contributed by atoms with Crippen LogP contribution in [0.4, 0.5) is 0 Å². The Kier molecular flexibility index (Phi) is 4.16. The quantitative estimate of drug-likeness (QED) is 0.377. The van der Waals surface area contributed by atoms with Gasteiger partial charge in [-0.05, 0) is 73.7 Å². The van der Waals surface area contributed by atoms with Crippen LogP contribution >= 0.6 is 0 Å². The Hall–Kier alpha value is -0.790. The summed E-state index contributed by atoms with van der Waals surface area (Å²) in [6.07, 6.45) is 10.4.